The Kier molecular flexibility index (Phi) is 6.15. The Hall–Kier alpha value is -0.570. The normalized spacial score (nSPS) is 25.5. The number of piperidine rings is 1. The van der Waals surface area contributed by atoms with Gasteiger partial charge in [-0.25, -0.2) is 0 Å². The third-order valence-corrected chi connectivity index (χ3v) is 4.86. The zero-order valence-electron chi connectivity index (χ0n) is 12.1. The lowest BCUT2D eigenvalue weighted by Crippen LogP contribution is -2.40. The molecule has 3 nitrogen and oxygen atoms in total. The number of rotatable bonds is 5. The monoisotopic (exact) mass is 267 g/mol. The van der Waals surface area contributed by atoms with Crippen LogP contribution < -0.4 is 0 Å². The molecule has 1 unspecified atom stereocenters. The summed E-state index contributed by atoms with van der Waals surface area (Å²) in [5, 5.41) is 9.20. The van der Waals surface area contributed by atoms with Crippen molar-refractivity contribution >= 4 is 5.91 Å². The summed E-state index contributed by atoms with van der Waals surface area (Å²) >= 11 is 0. The van der Waals surface area contributed by atoms with Gasteiger partial charge in [0.1, 0.15) is 0 Å². The third kappa shape index (κ3) is 4.79. The van der Waals surface area contributed by atoms with E-state index in [2.05, 4.69) is 0 Å². The molecule has 0 spiro atoms. The van der Waals surface area contributed by atoms with Crippen molar-refractivity contribution in [2.75, 3.05) is 19.7 Å². The maximum Gasteiger partial charge on any atom is 0.222 e. The number of amides is 1. The molecule has 2 rings (SSSR count). The molecule has 2 fully saturated rings. The van der Waals surface area contributed by atoms with Gasteiger partial charge in [0.15, 0.2) is 0 Å². The summed E-state index contributed by atoms with van der Waals surface area (Å²) in [6, 6.07) is 0. The first-order valence-corrected chi connectivity index (χ1v) is 8.18. The maximum absolute atomic E-state index is 12.1. The van der Waals surface area contributed by atoms with E-state index in [9.17, 15) is 9.90 Å². The van der Waals surface area contributed by atoms with Gasteiger partial charge in [-0.3, -0.25) is 4.79 Å². The molecule has 1 N–H and O–H groups in total. The number of carbonyl (C=O) groups excluding carboxylic acids is 1. The molecule has 1 saturated carbocycles. The van der Waals surface area contributed by atoms with E-state index >= 15 is 0 Å². The number of hydrogen-bond acceptors (Lipinski definition) is 2. The summed E-state index contributed by atoms with van der Waals surface area (Å²) in [6.45, 7) is 1.91. The summed E-state index contributed by atoms with van der Waals surface area (Å²) in [5.41, 5.74) is 0. The molecule has 0 aromatic heterocycles. The van der Waals surface area contributed by atoms with Crippen LogP contribution in [0, 0.1) is 11.8 Å². The molecular weight excluding hydrogens is 238 g/mol. The lowest BCUT2D eigenvalue weighted by atomic mass is 9.86. The molecular formula is C16H29NO2. The molecule has 0 aromatic rings. The van der Waals surface area contributed by atoms with E-state index in [1.165, 1.54) is 38.5 Å². The van der Waals surface area contributed by atoms with E-state index < -0.39 is 0 Å². The van der Waals surface area contributed by atoms with Gasteiger partial charge in [0.05, 0.1) is 0 Å². The second-order valence-electron chi connectivity index (χ2n) is 6.43. The fraction of sp³-hybridized carbons (Fsp3) is 0.938. The van der Waals surface area contributed by atoms with E-state index in [-0.39, 0.29) is 6.61 Å². The van der Waals surface area contributed by atoms with Crippen molar-refractivity contribution in [1.29, 1.82) is 0 Å². The number of aliphatic hydroxyl groups excluding tert-OH is 1. The number of aliphatic hydroxyl groups is 1. The highest BCUT2D eigenvalue weighted by molar-refractivity contribution is 5.76. The van der Waals surface area contributed by atoms with Crippen molar-refractivity contribution in [2.45, 2.75) is 64.2 Å². The highest BCUT2D eigenvalue weighted by atomic mass is 16.3. The Labute approximate surface area is 117 Å². The van der Waals surface area contributed by atoms with Crippen LogP contribution in [0.5, 0.6) is 0 Å². The van der Waals surface area contributed by atoms with E-state index in [4.69, 9.17) is 0 Å². The lowest BCUT2D eigenvalue weighted by Gasteiger charge is -2.32. The molecule has 110 valence electrons. The summed E-state index contributed by atoms with van der Waals surface area (Å²) in [7, 11) is 0. The average molecular weight is 267 g/mol. The quantitative estimate of drug-likeness (QED) is 0.832. The van der Waals surface area contributed by atoms with Crippen molar-refractivity contribution < 1.29 is 9.90 Å². The third-order valence-electron chi connectivity index (χ3n) is 4.86. The predicted octanol–water partition coefficient (Wildman–Crippen LogP) is 2.97. The van der Waals surface area contributed by atoms with Crippen molar-refractivity contribution in [3.8, 4) is 0 Å². The molecule has 0 radical (unpaired) electrons. The standard InChI is InChI=1S/C16H29NO2/c18-13-15-9-5-11-17(12-15)16(19)10-4-8-14-6-2-1-3-7-14/h14-15,18H,1-13H2. The Morgan fingerprint density at radius 2 is 1.79 bits per heavy atom. The summed E-state index contributed by atoms with van der Waals surface area (Å²) in [5.74, 6) is 1.51. The topological polar surface area (TPSA) is 40.5 Å². The molecule has 1 heterocycles. The van der Waals surface area contributed by atoms with E-state index in [1.807, 2.05) is 4.90 Å². The molecule has 3 heteroatoms. The van der Waals surface area contributed by atoms with Crippen LogP contribution in [0.15, 0.2) is 0 Å². The van der Waals surface area contributed by atoms with Crippen LogP contribution in [-0.2, 0) is 4.79 Å². The summed E-state index contributed by atoms with van der Waals surface area (Å²) in [4.78, 5) is 14.1. The number of carbonyl (C=O) groups is 1. The minimum atomic E-state index is 0.228. The lowest BCUT2D eigenvalue weighted by molar-refractivity contribution is -0.133. The van der Waals surface area contributed by atoms with Gasteiger partial charge in [-0.15, -0.1) is 0 Å². The van der Waals surface area contributed by atoms with Gasteiger partial charge in [0.25, 0.3) is 0 Å². The number of nitrogens with zero attached hydrogens (tertiary/aromatic N) is 1. The molecule has 1 aliphatic carbocycles. The molecule has 1 aliphatic heterocycles. The highest BCUT2D eigenvalue weighted by Crippen LogP contribution is 2.28. The van der Waals surface area contributed by atoms with Crippen LogP contribution in [0.25, 0.3) is 0 Å². The van der Waals surface area contributed by atoms with Crippen LogP contribution in [0.1, 0.15) is 64.2 Å². The van der Waals surface area contributed by atoms with Crippen LogP contribution >= 0.6 is 0 Å². The number of hydrogen-bond donors (Lipinski definition) is 1. The Balaban J connectivity index is 1.63. The Bertz CT molecular complexity index is 274. The molecule has 19 heavy (non-hydrogen) atoms. The van der Waals surface area contributed by atoms with E-state index in [0.717, 1.165) is 38.3 Å². The maximum atomic E-state index is 12.1. The van der Waals surface area contributed by atoms with Crippen LogP contribution in [0.4, 0.5) is 0 Å². The van der Waals surface area contributed by atoms with Gasteiger partial charge in [0, 0.05) is 26.1 Å². The smallest absolute Gasteiger partial charge is 0.222 e. The van der Waals surface area contributed by atoms with E-state index in [1.54, 1.807) is 0 Å². The molecule has 0 bridgehead atoms. The summed E-state index contributed by atoms with van der Waals surface area (Å²) in [6.07, 6.45) is 12.1. The summed E-state index contributed by atoms with van der Waals surface area (Å²) < 4.78 is 0. The fourth-order valence-electron chi connectivity index (χ4n) is 3.62. The van der Waals surface area contributed by atoms with Crippen molar-refractivity contribution in [1.82, 2.24) is 4.90 Å². The number of likely N-dealkylation sites (tertiary alicyclic amines) is 1. The fourth-order valence-corrected chi connectivity index (χ4v) is 3.62. The van der Waals surface area contributed by atoms with Gasteiger partial charge in [-0.05, 0) is 37.5 Å². The largest absolute Gasteiger partial charge is 0.396 e. The van der Waals surface area contributed by atoms with Gasteiger partial charge in [-0.2, -0.15) is 0 Å². The molecule has 1 atom stereocenters. The minimum Gasteiger partial charge on any atom is -0.396 e. The van der Waals surface area contributed by atoms with Gasteiger partial charge in [-0.1, -0.05) is 32.1 Å². The Morgan fingerprint density at radius 3 is 2.53 bits per heavy atom. The van der Waals surface area contributed by atoms with Crippen molar-refractivity contribution in [3.05, 3.63) is 0 Å². The second-order valence-corrected chi connectivity index (χ2v) is 6.43. The Morgan fingerprint density at radius 1 is 1.05 bits per heavy atom. The first-order chi connectivity index (χ1) is 9.29. The van der Waals surface area contributed by atoms with Gasteiger partial charge < -0.3 is 10.0 Å². The first kappa shape index (κ1) is 14.8. The van der Waals surface area contributed by atoms with Crippen LogP contribution in [0.2, 0.25) is 0 Å². The van der Waals surface area contributed by atoms with Crippen LogP contribution in [0.3, 0.4) is 0 Å². The second kappa shape index (κ2) is 7.88. The van der Waals surface area contributed by atoms with Crippen LogP contribution in [-0.4, -0.2) is 35.6 Å². The van der Waals surface area contributed by atoms with E-state index in [0.29, 0.717) is 18.2 Å². The molecule has 0 aromatic carbocycles. The average Bonchev–Trinajstić information content (AvgIpc) is 2.48. The predicted molar refractivity (Wildman–Crippen MR) is 76.8 cm³/mol. The van der Waals surface area contributed by atoms with Gasteiger partial charge in [0.2, 0.25) is 5.91 Å². The zero-order valence-corrected chi connectivity index (χ0v) is 12.1. The zero-order chi connectivity index (χ0) is 13.5. The molecule has 1 saturated heterocycles. The SMILES string of the molecule is O=C(CCCC1CCCCC1)N1CCCC(CO)C1. The molecule has 2 aliphatic rings. The highest BCUT2D eigenvalue weighted by Gasteiger charge is 2.23. The van der Waals surface area contributed by atoms with Crippen molar-refractivity contribution in [2.24, 2.45) is 11.8 Å². The first-order valence-electron chi connectivity index (χ1n) is 8.18. The molecule has 1 amide bonds. The van der Waals surface area contributed by atoms with Gasteiger partial charge >= 0.3 is 0 Å². The van der Waals surface area contributed by atoms with Crippen molar-refractivity contribution in [3.63, 3.8) is 0 Å². The minimum absolute atomic E-state index is 0.228.